The Hall–Kier alpha value is -2.47. The van der Waals surface area contributed by atoms with E-state index in [1.165, 1.54) is 0 Å². The largest absolute Gasteiger partial charge is 0.508 e. The predicted molar refractivity (Wildman–Crippen MR) is 102 cm³/mol. The number of halogens is 1. The van der Waals surface area contributed by atoms with Gasteiger partial charge in [0, 0.05) is 44.1 Å². The van der Waals surface area contributed by atoms with Gasteiger partial charge >= 0.3 is 0 Å². The van der Waals surface area contributed by atoms with Gasteiger partial charge in [-0.2, -0.15) is 0 Å². The highest BCUT2D eigenvalue weighted by Crippen LogP contribution is 2.39. The van der Waals surface area contributed by atoms with Crippen LogP contribution in [-0.4, -0.2) is 33.9 Å². The minimum Gasteiger partial charge on any atom is -0.508 e. The molecule has 2 aromatic rings. The molecule has 1 aliphatic rings. The molecule has 138 valence electrons. The molecule has 2 heterocycles. The van der Waals surface area contributed by atoms with Crippen LogP contribution in [0, 0.1) is 0 Å². The second-order valence-corrected chi connectivity index (χ2v) is 6.84. The van der Waals surface area contributed by atoms with Gasteiger partial charge in [0.25, 0.3) is 5.91 Å². The number of aryl methyl sites for hydroxylation is 1. The Morgan fingerprint density at radius 2 is 2.12 bits per heavy atom. The first-order chi connectivity index (χ1) is 12.4. The number of nitrogens with one attached hydrogen (secondary N) is 1. The van der Waals surface area contributed by atoms with Crippen LogP contribution in [0.2, 0.25) is 0 Å². The topological polar surface area (TPSA) is 74.6 Å². The lowest BCUT2D eigenvalue weighted by Gasteiger charge is -2.18. The first-order valence-electron chi connectivity index (χ1n) is 8.61. The van der Waals surface area contributed by atoms with Crippen LogP contribution in [0.5, 0.6) is 5.75 Å². The molecule has 0 spiro atoms. The molecule has 0 bridgehead atoms. The highest BCUT2D eigenvalue weighted by molar-refractivity contribution is 6.19. The summed E-state index contributed by atoms with van der Waals surface area (Å²) >= 11 is 6.06. The number of rotatable bonds is 5. The molecule has 0 aliphatic carbocycles. The fourth-order valence-corrected chi connectivity index (χ4v) is 3.55. The van der Waals surface area contributed by atoms with Gasteiger partial charge in [0.1, 0.15) is 11.4 Å². The van der Waals surface area contributed by atoms with Gasteiger partial charge < -0.3 is 19.9 Å². The Morgan fingerprint density at radius 1 is 1.35 bits per heavy atom. The molecule has 0 radical (unpaired) electrons. The summed E-state index contributed by atoms with van der Waals surface area (Å²) in [5, 5.41) is 12.6. The van der Waals surface area contributed by atoms with E-state index in [0.717, 1.165) is 12.0 Å². The summed E-state index contributed by atoms with van der Waals surface area (Å²) in [5.41, 5.74) is 2.69. The van der Waals surface area contributed by atoms with E-state index >= 15 is 0 Å². The highest BCUT2D eigenvalue weighted by atomic mass is 35.5. The molecule has 3 rings (SSSR count). The molecule has 1 aromatic carbocycles. The summed E-state index contributed by atoms with van der Waals surface area (Å²) in [6.07, 6.45) is 2.92. The summed E-state index contributed by atoms with van der Waals surface area (Å²) in [4.78, 5) is 26.5. The van der Waals surface area contributed by atoms with Crippen molar-refractivity contribution in [3.8, 4) is 5.75 Å². The van der Waals surface area contributed by atoms with Crippen LogP contribution in [0.3, 0.4) is 0 Å². The Balaban J connectivity index is 1.88. The number of anilines is 2. The second kappa shape index (κ2) is 7.41. The number of amides is 2. The molecule has 26 heavy (non-hydrogen) atoms. The lowest BCUT2D eigenvalue weighted by Crippen LogP contribution is -2.31. The summed E-state index contributed by atoms with van der Waals surface area (Å²) in [6.45, 7) is 2.40. The van der Waals surface area contributed by atoms with E-state index in [0.29, 0.717) is 35.9 Å². The molecule has 1 aromatic heterocycles. The first-order valence-corrected chi connectivity index (χ1v) is 9.15. The van der Waals surface area contributed by atoms with Crippen molar-refractivity contribution in [3.05, 3.63) is 41.7 Å². The van der Waals surface area contributed by atoms with Crippen LogP contribution in [-0.2, 0) is 11.8 Å². The third kappa shape index (κ3) is 3.42. The molecular formula is C19H22ClN3O3. The van der Waals surface area contributed by atoms with Crippen LogP contribution in [0.15, 0.2) is 30.5 Å². The fraction of sp³-hybridized carbons (Fsp3) is 0.368. The summed E-state index contributed by atoms with van der Waals surface area (Å²) in [5.74, 6) is 0.266. The van der Waals surface area contributed by atoms with Crippen LogP contribution >= 0.6 is 11.6 Å². The number of nitrogens with zero attached hydrogens (tertiary/aromatic N) is 2. The number of fused-ring (bicyclic) bond motifs is 1. The zero-order valence-electron chi connectivity index (χ0n) is 14.8. The van der Waals surface area contributed by atoms with Crippen LogP contribution < -0.4 is 10.2 Å². The monoisotopic (exact) mass is 375 g/mol. The van der Waals surface area contributed by atoms with Crippen molar-refractivity contribution < 1.29 is 14.7 Å². The number of carbonyl (C=O) groups excluding carboxylic acids is 2. The minimum absolute atomic E-state index is 0.0280. The van der Waals surface area contributed by atoms with Crippen molar-refractivity contribution in [1.82, 2.24) is 4.57 Å². The summed E-state index contributed by atoms with van der Waals surface area (Å²) in [6, 6.07) is 6.68. The highest BCUT2D eigenvalue weighted by Gasteiger charge is 2.33. The minimum atomic E-state index is -0.192. The SMILES string of the molecule is CCCC(=O)Nc1cc(C(=O)N2CC(CCl)c3ccc(O)cc32)n(C)c1. The third-order valence-corrected chi connectivity index (χ3v) is 4.94. The van der Waals surface area contributed by atoms with Gasteiger partial charge in [-0.1, -0.05) is 13.0 Å². The smallest absolute Gasteiger partial charge is 0.274 e. The van der Waals surface area contributed by atoms with Crippen molar-refractivity contribution in [2.45, 2.75) is 25.7 Å². The third-order valence-electron chi connectivity index (χ3n) is 4.56. The van der Waals surface area contributed by atoms with Crippen LogP contribution in [0.4, 0.5) is 11.4 Å². The molecule has 2 amide bonds. The van der Waals surface area contributed by atoms with Gasteiger partial charge in [0.2, 0.25) is 5.91 Å². The molecule has 1 atom stereocenters. The van der Waals surface area contributed by atoms with Crippen LogP contribution in [0.25, 0.3) is 0 Å². The van der Waals surface area contributed by atoms with Gasteiger partial charge in [0.15, 0.2) is 0 Å². The van der Waals surface area contributed by atoms with E-state index in [1.807, 2.05) is 13.0 Å². The number of hydrogen-bond acceptors (Lipinski definition) is 3. The summed E-state index contributed by atoms with van der Waals surface area (Å²) < 4.78 is 1.69. The lowest BCUT2D eigenvalue weighted by molar-refractivity contribution is -0.116. The van der Waals surface area contributed by atoms with Crippen molar-refractivity contribution in [1.29, 1.82) is 0 Å². The normalized spacial score (nSPS) is 15.8. The Labute approximate surface area is 157 Å². The van der Waals surface area contributed by atoms with E-state index in [9.17, 15) is 14.7 Å². The number of alkyl halides is 1. The molecule has 0 fully saturated rings. The van der Waals surface area contributed by atoms with Gasteiger partial charge in [-0.15, -0.1) is 11.6 Å². The van der Waals surface area contributed by atoms with Crippen molar-refractivity contribution in [2.24, 2.45) is 7.05 Å². The van der Waals surface area contributed by atoms with Crippen LogP contribution in [0.1, 0.15) is 41.7 Å². The zero-order chi connectivity index (χ0) is 18.8. The van der Waals surface area contributed by atoms with Crippen molar-refractivity contribution >= 4 is 34.8 Å². The molecule has 7 heteroatoms. The number of phenols is 1. The molecule has 0 saturated heterocycles. The van der Waals surface area contributed by atoms with E-state index in [2.05, 4.69) is 5.32 Å². The standard InChI is InChI=1S/C19H22ClN3O3/c1-3-4-18(25)21-13-7-17(22(2)11-13)19(26)23-10-12(9-20)15-6-5-14(24)8-16(15)23/h5-8,11-12,24H,3-4,9-10H2,1-2H3,(H,21,25). The zero-order valence-corrected chi connectivity index (χ0v) is 15.6. The van der Waals surface area contributed by atoms with Gasteiger partial charge in [-0.25, -0.2) is 0 Å². The molecular weight excluding hydrogens is 354 g/mol. The maximum absolute atomic E-state index is 13.1. The number of aromatic nitrogens is 1. The number of aromatic hydroxyl groups is 1. The first kappa shape index (κ1) is 18.3. The Bertz CT molecular complexity index is 847. The number of carbonyl (C=O) groups is 2. The Morgan fingerprint density at radius 3 is 2.81 bits per heavy atom. The number of hydrogen-bond donors (Lipinski definition) is 2. The quantitative estimate of drug-likeness (QED) is 0.786. The van der Waals surface area contributed by atoms with E-state index in [-0.39, 0.29) is 23.5 Å². The van der Waals surface area contributed by atoms with E-state index in [4.69, 9.17) is 11.6 Å². The molecule has 0 saturated carbocycles. The van der Waals surface area contributed by atoms with Gasteiger partial charge in [-0.05, 0) is 24.1 Å². The Kier molecular flexibility index (Phi) is 5.23. The molecule has 2 N–H and O–H groups in total. The second-order valence-electron chi connectivity index (χ2n) is 6.53. The average molecular weight is 376 g/mol. The maximum Gasteiger partial charge on any atom is 0.274 e. The predicted octanol–water partition coefficient (Wildman–Crippen LogP) is 3.45. The molecule has 1 aliphatic heterocycles. The molecule has 6 nitrogen and oxygen atoms in total. The summed E-state index contributed by atoms with van der Waals surface area (Å²) in [7, 11) is 1.77. The van der Waals surface area contributed by atoms with Gasteiger partial charge in [-0.3, -0.25) is 9.59 Å². The number of phenolic OH excluding ortho intramolecular Hbond substituents is 1. The average Bonchev–Trinajstić information content (AvgIpc) is 3.14. The fourth-order valence-electron chi connectivity index (χ4n) is 3.29. The van der Waals surface area contributed by atoms with Crippen molar-refractivity contribution in [2.75, 3.05) is 22.6 Å². The lowest BCUT2D eigenvalue weighted by atomic mass is 10.0. The van der Waals surface area contributed by atoms with Gasteiger partial charge in [0.05, 0.1) is 11.4 Å². The number of benzene rings is 1. The molecule has 1 unspecified atom stereocenters. The maximum atomic E-state index is 13.1. The van der Waals surface area contributed by atoms with E-state index < -0.39 is 0 Å². The van der Waals surface area contributed by atoms with E-state index in [1.54, 1.807) is 40.9 Å². The van der Waals surface area contributed by atoms with Crippen molar-refractivity contribution in [3.63, 3.8) is 0 Å².